The van der Waals surface area contributed by atoms with Crippen molar-refractivity contribution in [3.8, 4) is 6.01 Å². The summed E-state index contributed by atoms with van der Waals surface area (Å²) in [5.74, 6) is 8.52. The van der Waals surface area contributed by atoms with Gasteiger partial charge in [-0.05, 0) is 6.92 Å². The molecule has 0 bridgehead atoms. The van der Waals surface area contributed by atoms with Crippen LogP contribution < -0.4 is 21.3 Å². The minimum absolute atomic E-state index is 0.271. The van der Waals surface area contributed by atoms with Gasteiger partial charge in [0, 0.05) is 37.7 Å². The Balaban J connectivity index is 1.85. The SMILES string of the molecule is CCOc1nc(NN)nc(NCCN2CCSCC2)n1. The number of nitrogens with two attached hydrogens (primary N) is 1. The first-order chi connectivity index (χ1) is 9.81. The van der Waals surface area contributed by atoms with Crippen LogP contribution in [-0.2, 0) is 0 Å². The maximum absolute atomic E-state index is 5.33. The highest BCUT2D eigenvalue weighted by Gasteiger charge is 2.10. The lowest BCUT2D eigenvalue weighted by Gasteiger charge is -2.25. The third-order valence-electron chi connectivity index (χ3n) is 2.83. The van der Waals surface area contributed by atoms with Gasteiger partial charge in [0.25, 0.3) is 0 Å². The van der Waals surface area contributed by atoms with Gasteiger partial charge in [-0.15, -0.1) is 0 Å². The highest BCUT2D eigenvalue weighted by atomic mass is 32.2. The topological polar surface area (TPSA) is 101 Å². The fourth-order valence-corrected chi connectivity index (χ4v) is 2.82. The lowest BCUT2D eigenvalue weighted by Crippen LogP contribution is -2.36. The van der Waals surface area contributed by atoms with Crippen LogP contribution in [0.25, 0.3) is 0 Å². The van der Waals surface area contributed by atoms with Gasteiger partial charge in [0.15, 0.2) is 0 Å². The van der Waals surface area contributed by atoms with Crippen molar-refractivity contribution in [3.63, 3.8) is 0 Å². The fourth-order valence-electron chi connectivity index (χ4n) is 1.84. The Morgan fingerprint density at radius 1 is 1.25 bits per heavy atom. The van der Waals surface area contributed by atoms with Gasteiger partial charge in [-0.1, -0.05) is 0 Å². The van der Waals surface area contributed by atoms with E-state index in [-0.39, 0.29) is 6.01 Å². The molecule has 0 spiro atoms. The van der Waals surface area contributed by atoms with Crippen LogP contribution in [0.5, 0.6) is 6.01 Å². The molecule has 2 heterocycles. The molecule has 1 saturated heterocycles. The Hall–Kier alpha value is -1.32. The second-order valence-electron chi connectivity index (χ2n) is 4.22. The number of hydrogen-bond acceptors (Lipinski definition) is 9. The van der Waals surface area contributed by atoms with Crippen LogP contribution in [0, 0.1) is 0 Å². The van der Waals surface area contributed by atoms with Gasteiger partial charge in [-0.3, -0.25) is 10.3 Å². The van der Waals surface area contributed by atoms with E-state index < -0.39 is 0 Å². The zero-order chi connectivity index (χ0) is 14.2. The molecule has 0 amide bonds. The number of nitrogens with one attached hydrogen (secondary N) is 2. The molecule has 4 N–H and O–H groups in total. The molecule has 20 heavy (non-hydrogen) atoms. The zero-order valence-electron chi connectivity index (χ0n) is 11.6. The standard InChI is InChI=1S/C11H21N7OS/c1-2-19-11-15-9(14-10(16-11)17-12)13-3-4-18-5-7-20-8-6-18/h2-8,12H2,1H3,(H2,13,14,15,16,17). The predicted molar refractivity (Wildman–Crippen MR) is 81.1 cm³/mol. The van der Waals surface area contributed by atoms with Gasteiger partial charge in [-0.2, -0.15) is 26.7 Å². The van der Waals surface area contributed by atoms with Crippen molar-refractivity contribution in [2.24, 2.45) is 5.84 Å². The normalized spacial score (nSPS) is 15.9. The molecule has 8 nitrogen and oxygen atoms in total. The number of anilines is 2. The Labute approximate surface area is 122 Å². The first kappa shape index (κ1) is 15.1. The molecule has 0 aliphatic carbocycles. The molecule has 9 heteroatoms. The van der Waals surface area contributed by atoms with Crippen LogP contribution >= 0.6 is 11.8 Å². The number of ether oxygens (including phenoxy) is 1. The number of hydrogen-bond donors (Lipinski definition) is 3. The van der Waals surface area contributed by atoms with Gasteiger partial charge in [0.2, 0.25) is 11.9 Å². The Kier molecular flexibility index (Phi) is 6.09. The Bertz CT molecular complexity index is 414. The van der Waals surface area contributed by atoms with Crippen molar-refractivity contribution < 1.29 is 4.74 Å². The number of nitrogen functional groups attached to an aromatic ring is 1. The molecule has 0 unspecified atom stereocenters. The maximum atomic E-state index is 5.33. The highest BCUT2D eigenvalue weighted by molar-refractivity contribution is 7.99. The van der Waals surface area contributed by atoms with E-state index in [1.807, 2.05) is 18.7 Å². The second-order valence-corrected chi connectivity index (χ2v) is 5.45. The molecular weight excluding hydrogens is 278 g/mol. The average Bonchev–Trinajstić information content (AvgIpc) is 2.48. The summed E-state index contributed by atoms with van der Waals surface area (Å²) in [6.07, 6.45) is 0. The summed E-state index contributed by atoms with van der Waals surface area (Å²) >= 11 is 2.01. The Morgan fingerprint density at radius 2 is 2.00 bits per heavy atom. The van der Waals surface area contributed by atoms with Crippen molar-refractivity contribution >= 4 is 23.7 Å². The molecule has 1 aliphatic rings. The molecule has 0 atom stereocenters. The molecule has 112 valence electrons. The summed E-state index contributed by atoms with van der Waals surface area (Å²) < 4.78 is 5.27. The monoisotopic (exact) mass is 299 g/mol. The second kappa shape index (κ2) is 8.08. The van der Waals surface area contributed by atoms with Crippen molar-refractivity contribution in [1.29, 1.82) is 0 Å². The van der Waals surface area contributed by atoms with Crippen molar-refractivity contribution in [2.45, 2.75) is 6.92 Å². The summed E-state index contributed by atoms with van der Waals surface area (Å²) in [7, 11) is 0. The van der Waals surface area contributed by atoms with Crippen LogP contribution in [0.2, 0.25) is 0 Å². The summed E-state index contributed by atoms with van der Waals surface area (Å²) in [5, 5.41) is 3.18. The third-order valence-corrected chi connectivity index (χ3v) is 3.77. The molecular formula is C11H21N7OS. The number of hydrazine groups is 1. The molecule has 1 fully saturated rings. The number of thioether (sulfide) groups is 1. The lowest BCUT2D eigenvalue weighted by molar-refractivity contribution is 0.310. The maximum Gasteiger partial charge on any atom is 0.323 e. The van der Waals surface area contributed by atoms with E-state index in [0.717, 1.165) is 26.2 Å². The van der Waals surface area contributed by atoms with Gasteiger partial charge >= 0.3 is 6.01 Å². The van der Waals surface area contributed by atoms with Crippen LogP contribution in [-0.4, -0.2) is 64.1 Å². The van der Waals surface area contributed by atoms with Gasteiger partial charge in [0.05, 0.1) is 6.61 Å². The van der Waals surface area contributed by atoms with E-state index in [2.05, 4.69) is 30.6 Å². The summed E-state index contributed by atoms with van der Waals surface area (Å²) in [5.41, 5.74) is 2.41. The largest absolute Gasteiger partial charge is 0.464 e. The van der Waals surface area contributed by atoms with Crippen molar-refractivity contribution in [2.75, 3.05) is 55.0 Å². The molecule has 0 radical (unpaired) electrons. The van der Waals surface area contributed by atoms with Gasteiger partial charge < -0.3 is 10.1 Å². The van der Waals surface area contributed by atoms with Gasteiger partial charge in [-0.25, -0.2) is 5.84 Å². The predicted octanol–water partition coefficient (Wildman–Crippen LogP) is 0.0166. The molecule has 0 aromatic carbocycles. The Morgan fingerprint density at radius 3 is 2.70 bits per heavy atom. The molecule has 1 aliphatic heterocycles. The fraction of sp³-hybridized carbons (Fsp3) is 0.727. The van der Waals surface area contributed by atoms with Crippen molar-refractivity contribution in [1.82, 2.24) is 19.9 Å². The van der Waals surface area contributed by atoms with Gasteiger partial charge in [0.1, 0.15) is 0 Å². The number of rotatable bonds is 7. The minimum atomic E-state index is 0.271. The smallest absolute Gasteiger partial charge is 0.323 e. The van der Waals surface area contributed by atoms with E-state index >= 15 is 0 Å². The highest BCUT2D eigenvalue weighted by Crippen LogP contribution is 2.11. The van der Waals surface area contributed by atoms with E-state index in [1.54, 1.807) is 0 Å². The quantitative estimate of drug-likeness (QED) is 0.475. The molecule has 2 rings (SSSR count). The van der Waals surface area contributed by atoms with E-state index in [1.165, 1.54) is 11.5 Å². The minimum Gasteiger partial charge on any atom is -0.464 e. The molecule has 0 saturated carbocycles. The van der Waals surface area contributed by atoms with Crippen LogP contribution in [0.1, 0.15) is 6.92 Å². The van der Waals surface area contributed by atoms with Crippen molar-refractivity contribution in [3.05, 3.63) is 0 Å². The van der Waals surface area contributed by atoms with E-state index in [0.29, 0.717) is 18.5 Å². The first-order valence-electron chi connectivity index (χ1n) is 6.71. The third kappa shape index (κ3) is 4.66. The summed E-state index contributed by atoms with van der Waals surface area (Å²) in [6, 6.07) is 0.271. The summed E-state index contributed by atoms with van der Waals surface area (Å²) in [4.78, 5) is 14.8. The van der Waals surface area contributed by atoms with Crippen LogP contribution in [0.4, 0.5) is 11.9 Å². The lowest BCUT2D eigenvalue weighted by atomic mass is 10.4. The van der Waals surface area contributed by atoms with Crippen LogP contribution in [0.15, 0.2) is 0 Å². The average molecular weight is 299 g/mol. The van der Waals surface area contributed by atoms with Crippen LogP contribution in [0.3, 0.4) is 0 Å². The van der Waals surface area contributed by atoms with E-state index in [4.69, 9.17) is 10.6 Å². The zero-order valence-corrected chi connectivity index (χ0v) is 12.4. The van der Waals surface area contributed by atoms with E-state index in [9.17, 15) is 0 Å². The number of nitrogens with zero attached hydrogens (tertiary/aromatic N) is 4. The first-order valence-corrected chi connectivity index (χ1v) is 7.86. The molecule has 1 aromatic heterocycles. The summed E-state index contributed by atoms with van der Waals surface area (Å²) in [6.45, 7) is 6.41. The molecule has 1 aromatic rings. The number of aromatic nitrogens is 3.